The third-order valence-electron chi connectivity index (χ3n) is 6.12. The minimum Gasteiger partial charge on any atom is -0.393 e. The molecule has 7 nitrogen and oxygen atoms in total. The summed E-state index contributed by atoms with van der Waals surface area (Å²) in [5.41, 5.74) is 2.39. The lowest BCUT2D eigenvalue weighted by Gasteiger charge is -2.32. The number of piperidine rings is 2. The van der Waals surface area contributed by atoms with Crippen molar-refractivity contribution in [3.05, 3.63) is 54.0 Å². The molecule has 2 aliphatic rings. The van der Waals surface area contributed by atoms with Gasteiger partial charge in [0.15, 0.2) is 0 Å². The Labute approximate surface area is 178 Å². The maximum Gasteiger partial charge on any atom is 0.225 e. The van der Waals surface area contributed by atoms with Crippen molar-refractivity contribution in [1.82, 2.24) is 20.2 Å². The highest BCUT2D eigenvalue weighted by molar-refractivity contribution is 5.79. The minimum atomic E-state index is -0.135. The van der Waals surface area contributed by atoms with Crippen molar-refractivity contribution in [1.29, 1.82) is 0 Å². The number of anilines is 1. The summed E-state index contributed by atoms with van der Waals surface area (Å²) in [4.78, 5) is 25.7. The number of benzene rings is 1. The van der Waals surface area contributed by atoms with Gasteiger partial charge in [-0.2, -0.15) is 0 Å². The van der Waals surface area contributed by atoms with Crippen molar-refractivity contribution in [2.24, 2.45) is 5.92 Å². The van der Waals surface area contributed by atoms with Crippen LogP contribution in [0.15, 0.2) is 42.9 Å². The molecule has 2 aromatic rings. The van der Waals surface area contributed by atoms with Gasteiger partial charge in [-0.05, 0) is 36.8 Å². The number of aliphatic hydroxyl groups excluding tert-OH is 1. The van der Waals surface area contributed by atoms with Crippen LogP contribution in [-0.2, 0) is 17.9 Å². The zero-order chi connectivity index (χ0) is 20.8. The summed E-state index contributed by atoms with van der Waals surface area (Å²) in [6, 6.07) is 8.48. The molecule has 2 N–H and O–H groups in total. The lowest BCUT2D eigenvalue weighted by atomic mass is 9.97. The summed E-state index contributed by atoms with van der Waals surface area (Å²) < 4.78 is 0. The molecular formula is C23H31N5O2. The van der Waals surface area contributed by atoms with Gasteiger partial charge in [-0.25, -0.2) is 4.98 Å². The van der Waals surface area contributed by atoms with E-state index in [1.54, 1.807) is 18.6 Å². The Morgan fingerprint density at radius 3 is 2.57 bits per heavy atom. The molecule has 1 amide bonds. The number of aromatic nitrogens is 2. The molecule has 30 heavy (non-hydrogen) atoms. The fourth-order valence-electron chi connectivity index (χ4n) is 4.29. The molecule has 1 aromatic carbocycles. The standard InChI is InChI=1S/C23H31N5O2/c29-21-7-12-27(13-8-21)16-19-5-3-18(4-6-19)14-26-23(30)20-2-1-11-28(17-20)22-15-24-9-10-25-22/h3-6,9-10,15,20-21,29H,1-2,7-8,11-14,16-17H2,(H,26,30). The van der Waals surface area contributed by atoms with Crippen molar-refractivity contribution >= 4 is 11.7 Å². The Morgan fingerprint density at radius 2 is 1.83 bits per heavy atom. The van der Waals surface area contributed by atoms with Crippen LogP contribution in [0, 0.1) is 5.92 Å². The Kier molecular flexibility index (Phi) is 6.92. The van der Waals surface area contributed by atoms with E-state index in [2.05, 4.69) is 49.4 Å². The summed E-state index contributed by atoms with van der Waals surface area (Å²) in [6.45, 7) is 4.97. The summed E-state index contributed by atoms with van der Waals surface area (Å²) in [7, 11) is 0. The fraction of sp³-hybridized carbons (Fsp3) is 0.522. The highest BCUT2D eigenvalue weighted by Crippen LogP contribution is 2.21. The lowest BCUT2D eigenvalue weighted by Crippen LogP contribution is -2.43. The number of amides is 1. The van der Waals surface area contributed by atoms with E-state index in [4.69, 9.17) is 0 Å². The number of hydrogen-bond donors (Lipinski definition) is 2. The Bertz CT molecular complexity index is 806. The maximum absolute atomic E-state index is 12.7. The second-order valence-electron chi connectivity index (χ2n) is 8.39. The molecule has 3 heterocycles. The minimum absolute atomic E-state index is 0.0190. The molecule has 0 bridgehead atoms. The molecule has 0 aliphatic carbocycles. The van der Waals surface area contributed by atoms with Crippen LogP contribution in [0.4, 0.5) is 5.82 Å². The van der Waals surface area contributed by atoms with Gasteiger partial charge in [-0.15, -0.1) is 0 Å². The highest BCUT2D eigenvalue weighted by atomic mass is 16.3. The van der Waals surface area contributed by atoms with Crippen LogP contribution in [0.1, 0.15) is 36.8 Å². The van der Waals surface area contributed by atoms with Gasteiger partial charge >= 0.3 is 0 Å². The average molecular weight is 410 g/mol. The van der Waals surface area contributed by atoms with E-state index in [0.29, 0.717) is 13.1 Å². The number of carbonyl (C=O) groups is 1. The second kappa shape index (κ2) is 10.00. The van der Waals surface area contributed by atoms with Crippen LogP contribution in [0.5, 0.6) is 0 Å². The Balaban J connectivity index is 1.24. The molecule has 0 radical (unpaired) electrons. The van der Waals surface area contributed by atoms with E-state index in [9.17, 15) is 9.90 Å². The van der Waals surface area contributed by atoms with Crippen molar-refractivity contribution < 1.29 is 9.90 Å². The lowest BCUT2D eigenvalue weighted by molar-refractivity contribution is -0.125. The predicted octanol–water partition coefficient (Wildman–Crippen LogP) is 1.97. The van der Waals surface area contributed by atoms with E-state index in [1.807, 2.05) is 0 Å². The molecule has 160 valence electrons. The zero-order valence-electron chi connectivity index (χ0n) is 17.4. The molecule has 2 fully saturated rings. The van der Waals surface area contributed by atoms with Crippen LogP contribution in [0.3, 0.4) is 0 Å². The molecule has 0 saturated carbocycles. The summed E-state index contributed by atoms with van der Waals surface area (Å²) in [6.07, 6.45) is 8.59. The SMILES string of the molecule is O=C(NCc1ccc(CN2CCC(O)CC2)cc1)C1CCCN(c2cnccn2)C1. The number of hydrogen-bond acceptors (Lipinski definition) is 6. The fourth-order valence-corrected chi connectivity index (χ4v) is 4.29. The number of rotatable bonds is 6. The van der Waals surface area contributed by atoms with Gasteiger partial charge in [0.25, 0.3) is 0 Å². The molecule has 4 rings (SSSR count). The first-order valence-electron chi connectivity index (χ1n) is 10.9. The Morgan fingerprint density at radius 1 is 1.07 bits per heavy atom. The maximum atomic E-state index is 12.7. The second-order valence-corrected chi connectivity index (χ2v) is 8.39. The van der Waals surface area contributed by atoms with E-state index in [-0.39, 0.29) is 17.9 Å². The van der Waals surface area contributed by atoms with Crippen molar-refractivity contribution in [2.45, 2.75) is 44.9 Å². The first kappa shape index (κ1) is 20.8. The van der Waals surface area contributed by atoms with Gasteiger partial charge in [-0.1, -0.05) is 24.3 Å². The van der Waals surface area contributed by atoms with Crippen LogP contribution in [0.25, 0.3) is 0 Å². The van der Waals surface area contributed by atoms with E-state index >= 15 is 0 Å². The van der Waals surface area contributed by atoms with Crippen molar-refractivity contribution in [3.63, 3.8) is 0 Å². The third-order valence-corrected chi connectivity index (χ3v) is 6.12. The number of aliphatic hydroxyl groups is 1. The smallest absolute Gasteiger partial charge is 0.225 e. The largest absolute Gasteiger partial charge is 0.393 e. The molecule has 0 spiro atoms. The van der Waals surface area contributed by atoms with Crippen LogP contribution < -0.4 is 10.2 Å². The number of nitrogens with one attached hydrogen (secondary N) is 1. The highest BCUT2D eigenvalue weighted by Gasteiger charge is 2.26. The van der Waals surface area contributed by atoms with Gasteiger partial charge in [0.1, 0.15) is 5.82 Å². The summed E-state index contributed by atoms with van der Waals surface area (Å²) >= 11 is 0. The zero-order valence-corrected chi connectivity index (χ0v) is 17.4. The van der Waals surface area contributed by atoms with Gasteiger partial charge in [0.2, 0.25) is 5.91 Å². The first-order valence-corrected chi connectivity index (χ1v) is 10.9. The van der Waals surface area contributed by atoms with Crippen LogP contribution in [-0.4, -0.2) is 58.2 Å². The molecule has 2 saturated heterocycles. The van der Waals surface area contributed by atoms with Crippen LogP contribution in [0.2, 0.25) is 0 Å². The van der Waals surface area contributed by atoms with E-state index in [1.165, 1.54) is 5.56 Å². The van der Waals surface area contributed by atoms with Gasteiger partial charge in [0.05, 0.1) is 18.2 Å². The summed E-state index contributed by atoms with van der Waals surface area (Å²) in [5, 5.41) is 12.7. The quantitative estimate of drug-likeness (QED) is 0.759. The predicted molar refractivity (Wildman–Crippen MR) is 116 cm³/mol. The number of nitrogens with zero attached hydrogens (tertiary/aromatic N) is 4. The van der Waals surface area contributed by atoms with E-state index < -0.39 is 0 Å². The average Bonchev–Trinajstić information content (AvgIpc) is 2.80. The van der Waals surface area contributed by atoms with Gasteiger partial charge in [-0.3, -0.25) is 14.7 Å². The molecular weight excluding hydrogens is 378 g/mol. The van der Waals surface area contributed by atoms with E-state index in [0.717, 1.165) is 63.2 Å². The number of likely N-dealkylation sites (tertiary alicyclic amines) is 1. The summed E-state index contributed by atoms with van der Waals surface area (Å²) in [5.74, 6) is 0.933. The normalized spacial score (nSPS) is 20.8. The monoisotopic (exact) mass is 409 g/mol. The molecule has 2 aliphatic heterocycles. The van der Waals surface area contributed by atoms with Crippen LogP contribution >= 0.6 is 0 Å². The topological polar surface area (TPSA) is 81.6 Å². The third kappa shape index (κ3) is 5.55. The van der Waals surface area contributed by atoms with Gasteiger partial charge < -0.3 is 15.3 Å². The Hall–Kier alpha value is -2.51. The molecule has 1 aromatic heterocycles. The van der Waals surface area contributed by atoms with Crippen molar-refractivity contribution in [2.75, 3.05) is 31.1 Å². The molecule has 7 heteroatoms. The van der Waals surface area contributed by atoms with Crippen molar-refractivity contribution in [3.8, 4) is 0 Å². The van der Waals surface area contributed by atoms with Gasteiger partial charge in [0, 0.05) is 51.7 Å². The molecule has 1 unspecified atom stereocenters. The molecule has 1 atom stereocenters. The number of carbonyl (C=O) groups excluding carboxylic acids is 1. The first-order chi connectivity index (χ1) is 14.7.